The predicted octanol–water partition coefficient (Wildman–Crippen LogP) is 2.24. The Morgan fingerprint density at radius 2 is 1.57 bits per heavy atom. The van der Waals surface area contributed by atoms with Crippen LogP contribution in [0.1, 0.15) is 0 Å². The van der Waals surface area contributed by atoms with E-state index in [-0.39, 0.29) is 0 Å². The average Bonchev–Trinajstić information content (AvgIpc) is 1.69. The van der Waals surface area contributed by atoms with Crippen molar-refractivity contribution in [3.63, 3.8) is 0 Å². The first-order valence-electron chi connectivity index (χ1n) is 2.11. The Morgan fingerprint density at radius 1 is 1.00 bits per heavy atom. The molecule has 35 valence electrons. The fourth-order valence-electron chi connectivity index (χ4n) is 0.420. The molecule has 1 heteroatoms. The minimum absolute atomic E-state index is 0.905. The molecular formula is C6H5S. The molecule has 0 N–H and O–H groups in total. The predicted molar refractivity (Wildman–Crippen MR) is 32.3 cm³/mol. The van der Waals surface area contributed by atoms with Gasteiger partial charge in [0.05, 0.1) is 0 Å². The summed E-state index contributed by atoms with van der Waals surface area (Å²) < 4.78 is 0. The summed E-state index contributed by atoms with van der Waals surface area (Å²) in [6.45, 7) is 0. The molecule has 7 heavy (non-hydrogen) atoms. The Kier molecular flexibility index (Phi) is 1.27. The molecule has 0 aliphatic rings. The van der Waals surface area contributed by atoms with Crippen LogP contribution in [0.25, 0.3) is 0 Å². The third-order valence-corrected chi connectivity index (χ3v) is 1.02. The van der Waals surface area contributed by atoms with Crippen molar-refractivity contribution in [1.82, 2.24) is 0 Å². The monoisotopic (exact) mass is 109 g/mol. The molecule has 0 saturated carbocycles. The van der Waals surface area contributed by atoms with E-state index in [0.29, 0.717) is 0 Å². The second-order valence-corrected chi connectivity index (χ2v) is 1.78. The Morgan fingerprint density at radius 3 is 1.86 bits per heavy atom. The van der Waals surface area contributed by atoms with E-state index in [0.717, 1.165) is 4.90 Å². The molecule has 0 atom stereocenters. The zero-order chi connectivity index (χ0) is 5.11. The molecular weight excluding hydrogens is 104 g/mol. The van der Waals surface area contributed by atoms with Crippen LogP contribution in [0.5, 0.6) is 0 Å². The van der Waals surface area contributed by atoms with Gasteiger partial charge in [-0.3, -0.25) is 0 Å². The molecule has 1 radical (unpaired) electrons. The molecule has 0 saturated heterocycles. The van der Waals surface area contributed by atoms with Crippen molar-refractivity contribution in [3.05, 3.63) is 30.3 Å². The SMILES string of the molecule is [S]c1ccccc1. The summed E-state index contributed by atoms with van der Waals surface area (Å²) in [7, 11) is 0. The molecule has 0 aliphatic heterocycles. The highest BCUT2D eigenvalue weighted by Gasteiger charge is 1.74. The second kappa shape index (κ2) is 1.94. The molecule has 1 aromatic rings. The summed E-state index contributed by atoms with van der Waals surface area (Å²) in [5.74, 6) is 0. The summed E-state index contributed by atoms with van der Waals surface area (Å²) in [4.78, 5) is 0.905. The summed E-state index contributed by atoms with van der Waals surface area (Å²) in [5.41, 5.74) is 0. The van der Waals surface area contributed by atoms with Gasteiger partial charge in [0.25, 0.3) is 0 Å². The van der Waals surface area contributed by atoms with E-state index in [1.807, 2.05) is 30.3 Å². The zero-order valence-electron chi connectivity index (χ0n) is 3.79. The molecule has 1 rings (SSSR count). The molecule has 0 aromatic heterocycles. The normalized spacial score (nSPS) is 8.57. The van der Waals surface area contributed by atoms with E-state index in [1.54, 1.807) is 0 Å². The minimum Gasteiger partial charge on any atom is -0.0801 e. The van der Waals surface area contributed by atoms with Gasteiger partial charge in [0.1, 0.15) is 0 Å². The van der Waals surface area contributed by atoms with Crippen molar-refractivity contribution in [3.8, 4) is 0 Å². The van der Waals surface area contributed by atoms with Crippen LogP contribution in [0.3, 0.4) is 0 Å². The highest BCUT2D eigenvalue weighted by molar-refractivity contribution is 7.80. The van der Waals surface area contributed by atoms with Gasteiger partial charge in [-0.15, -0.1) is 0 Å². The number of benzene rings is 1. The first-order chi connectivity index (χ1) is 3.39. The Balaban J connectivity index is 3.02. The van der Waals surface area contributed by atoms with Crippen molar-refractivity contribution >= 4 is 12.6 Å². The maximum atomic E-state index is 4.81. The maximum absolute atomic E-state index is 4.81. The Bertz CT molecular complexity index is 134. The molecule has 0 bridgehead atoms. The topological polar surface area (TPSA) is 0 Å². The Hall–Kier alpha value is -0.560. The van der Waals surface area contributed by atoms with Crippen molar-refractivity contribution in [1.29, 1.82) is 0 Å². The van der Waals surface area contributed by atoms with Gasteiger partial charge in [-0.05, 0) is 12.1 Å². The van der Waals surface area contributed by atoms with Crippen LogP contribution in [0, 0.1) is 0 Å². The molecule has 0 amide bonds. The molecule has 0 fully saturated rings. The minimum atomic E-state index is 0.905. The van der Waals surface area contributed by atoms with Gasteiger partial charge in [0.2, 0.25) is 0 Å². The van der Waals surface area contributed by atoms with Gasteiger partial charge in [0, 0.05) is 4.90 Å². The summed E-state index contributed by atoms with van der Waals surface area (Å²) in [5, 5.41) is 0. The largest absolute Gasteiger partial charge is 0.0801 e. The summed E-state index contributed by atoms with van der Waals surface area (Å²) >= 11 is 4.81. The summed E-state index contributed by atoms with van der Waals surface area (Å²) in [6.07, 6.45) is 0. The van der Waals surface area contributed by atoms with Crippen LogP contribution in [0.4, 0.5) is 0 Å². The van der Waals surface area contributed by atoms with Crippen LogP contribution in [-0.2, 0) is 0 Å². The lowest BCUT2D eigenvalue weighted by atomic mass is 10.4. The highest BCUT2D eigenvalue weighted by atomic mass is 32.1. The summed E-state index contributed by atoms with van der Waals surface area (Å²) in [6, 6.07) is 9.62. The van der Waals surface area contributed by atoms with Gasteiger partial charge in [0.15, 0.2) is 0 Å². The zero-order valence-corrected chi connectivity index (χ0v) is 4.61. The molecule has 0 aliphatic carbocycles. The van der Waals surface area contributed by atoms with E-state index in [4.69, 9.17) is 12.6 Å². The van der Waals surface area contributed by atoms with Crippen LogP contribution >= 0.6 is 12.6 Å². The van der Waals surface area contributed by atoms with Gasteiger partial charge < -0.3 is 0 Å². The van der Waals surface area contributed by atoms with Gasteiger partial charge in [-0.1, -0.05) is 30.8 Å². The lowest BCUT2D eigenvalue weighted by Crippen LogP contribution is -1.56. The second-order valence-electron chi connectivity index (χ2n) is 1.31. The van der Waals surface area contributed by atoms with E-state index < -0.39 is 0 Å². The van der Waals surface area contributed by atoms with Gasteiger partial charge in [-0.25, -0.2) is 0 Å². The molecule has 0 unspecified atom stereocenters. The smallest absolute Gasteiger partial charge is 0.0377 e. The van der Waals surface area contributed by atoms with Crippen molar-refractivity contribution < 1.29 is 0 Å². The lowest BCUT2D eigenvalue weighted by molar-refractivity contribution is 1.48. The molecule has 0 heterocycles. The van der Waals surface area contributed by atoms with E-state index in [9.17, 15) is 0 Å². The van der Waals surface area contributed by atoms with Crippen molar-refractivity contribution in [2.24, 2.45) is 0 Å². The number of hydrogen-bond donors (Lipinski definition) is 0. The van der Waals surface area contributed by atoms with Crippen LogP contribution < -0.4 is 0 Å². The lowest BCUT2D eigenvalue weighted by Gasteiger charge is -1.80. The van der Waals surface area contributed by atoms with Crippen LogP contribution in [0.2, 0.25) is 0 Å². The molecule has 1 aromatic carbocycles. The first kappa shape index (κ1) is 4.60. The van der Waals surface area contributed by atoms with E-state index in [2.05, 4.69) is 0 Å². The average molecular weight is 109 g/mol. The van der Waals surface area contributed by atoms with Gasteiger partial charge in [-0.2, -0.15) is 0 Å². The highest BCUT2D eigenvalue weighted by Crippen LogP contribution is 2.00. The third-order valence-electron chi connectivity index (χ3n) is 0.743. The maximum Gasteiger partial charge on any atom is 0.0377 e. The fourth-order valence-corrected chi connectivity index (χ4v) is 0.578. The van der Waals surface area contributed by atoms with Crippen molar-refractivity contribution in [2.75, 3.05) is 0 Å². The van der Waals surface area contributed by atoms with Crippen LogP contribution in [0.15, 0.2) is 35.2 Å². The van der Waals surface area contributed by atoms with E-state index in [1.165, 1.54) is 0 Å². The standard InChI is InChI=1S/C6H5S/c7-6-4-2-1-3-5-6/h1-5H. The van der Waals surface area contributed by atoms with Crippen molar-refractivity contribution in [2.45, 2.75) is 4.90 Å². The Labute approximate surface area is 48.6 Å². The fraction of sp³-hybridized carbons (Fsp3) is 0. The molecule has 0 spiro atoms. The van der Waals surface area contributed by atoms with Crippen LogP contribution in [-0.4, -0.2) is 0 Å². The quantitative estimate of drug-likeness (QED) is 0.479. The van der Waals surface area contributed by atoms with E-state index >= 15 is 0 Å². The number of hydrogen-bond acceptors (Lipinski definition) is 0. The molecule has 0 nitrogen and oxygen atoms in total. The van der Waals surface area contributed by atoms with Gasteiger partial charge >= 0.3 is 0 Å². The first-order valence-corrected chi connectivity index (χ1v) is 2.52. The number of rotatable bonds is 0. The third kappa shape index (κ3) is 1.16.